The van der Waals surface area contributed by atoms with Gasteiger partial charge in [-0.1, -0.05) is 12.2 Å². The second-order valence-electron chi connectivity index (χ2n) is 4.55. The van der Waals surface area contributed by atoms with Gasteiger partial charge in [0, 0.05) is 45.2 Å². The molecule has 0 amide bonds. The molecule has 5 nitrogen and oxygen atoms in total. The van der Waals surface area contributed by atoms with Crippen LogP contribution in [-0.4, -0.2) is 50.5 Å². The number of methoxy groups -OCH3 is 2. The Hall–Kier alpha value is -1.24. The van der Waals surface area contributed by atoms with Crippen molar-refractivity contribution in [1.82, 2.24) is 4.98 Å². The first-order chi connectivity index (χ1) is 9.58. The molecule has 2 N–H and O–H groups in total. The summed E-state index contributed by atoms with van der Waals surface area (Å²) in [5, 5.41) is 0. The van der Waals surface area contributed by atoms with Gasteiger partial charge in [0.05, 0.1) is 6.61 Å². The van der Waals surface area contributed by atoms with Crippen LogP contribution in [0.3, 0.4) is 0 Å². The number of thiocarbonyl (C=S) groups is 1. The van der Waals surface area contributed by atoms with Crippen LogP contribution in [0.15, 0.2) is 12.1 Å². The van der Waals surface area contributed by atoms with Crippen molar-refractivity contribution < 1.29 is 9.47 Å². The molecule has 1 aromatic rings. The average molecular weight is 297 g/mol. The summed E-state index contributed by atoms with van der Waals surface area (Å²) < 4.78 is 10.3. The van der Waals surface area contributed by atoms with Crippen molar-refractivity contribution >= 4 is 23.0 Å². The summed E-state index contributed by atoms with van der Waals surface area (Å²) in [4.78, 5) is 7.12. The summed E-state index contributed by atoms with van der Waals surface area (Å²) in [5.41, 5.74) is 7.46. The highest BCUT2D eigenvalue weighted by atomic mass is 32.1. The number of hydrogen-bond acceptors (Lipinski definition) is 5. The number of nitrogens with zero attached hydrogens (tertiary/aromatic N) is 2. The largest absolute Gasteiger partial charge is 0.389 e. The Morgan fingerprint density at radius 2 is 1.95 bits per heavy atom. The van der Waals surface area contributed by atoms with Gasteiger partial charge in [0.25, 0.3) is 0 Å². The zero-order chi connectivity index (χ0) is 15.0. The maximum absolute atomic E-state index is 5.71. The second-order valence-corrected chi connectivity index (χ2v) is 4.99. The highest BCUT2D eigenvalue weighted by molar-refractivity contribution is 7.80. The summed E-state index contributed by atoms with van der Waals surface area (Å²) in [5.74, 6) is 0.876. The number of nitrogens with two attached hydrogens (primary N) is 1. The molecule has 1 heterocycles. The van der Waals surface area contributed by atoms with E-state index < -0.39 is 0 Å². The van der Waals surface area contributed by atoms with E-state index in [1.807, 2.05) is 19.1 Å². The normalized spacial score (nSPS) is 10.6. The molecule has 0 aliphatic heterocycles. The minimum atomic E-state index is 0.389. The van der Waals surface area contributed by atoms with E-state index in [-0.39, 0.29) is 0 Å². The first-order valence-corrected chi connectivity index (χ1v) is 7.00. The van der Waals surface area contributed by atoms with E-state index in [0.717, 1.165) is 43.2 Å². The van der Waals surface area contributed by atoms with Crippen LogP contribution in [-0.2, 0) is 9.47 Å². The zero-order valence-corrected chi connectivity index (χ0v) is 13.2. The van der Waals surface area contributed by atoms with Crippen LogP contribution >= 0.6 is 12.2 Å². The van der Waals surface area contributed by atoms with Gasteiger partial charge in [-0.2, -0.15) is 0 Å². The summed E-state index contributed by atoms with van der Waals surface area (Å²) >= 11 is 5.05. The predicted molar refractivity (Wildman–Crippen MR) is 85.4 cm³/mol. The number of hydrogen-bond donors (Lipinski definition) is 1. The highest BCUT2D eigenvalue weighted by Crippen LogP contribution is 2.15. The molecule has 0 spiro atoms. The lowest BCUT2D eigenvalue weighted by molar-refractivity contribution is 0.191. The third kappa shape index (κ3) is 5.40. The molecule has 0 atom stereocenters. The minimum absolute atomic E-state index is 0.389. The molecule has 0 saturated carbocycles. The number of rotatable bonds is 9. The van der Waals surface area contributed by atoms with Crippen LogP contribution in [0.25, 0.3) is 0 Å². The van der Waals surface area contributed by atoms with Gasteiger partial charge < -0.3 is 20.1 Å². The number of pyridine rings is 1. The third-order valence-corrected chi connectivity index (χ3v) is 3.13. The summed E-state index contributed by atoms with van der Waals surface area (Å²) in [7, 11) is 3.40. The van der Waals surface area contributed by atoms with Gasteiger partial charge >= 0.3 is 0 Å². The quantitative estimate of drug-likeness (QED) is 0.551. The number of aromatic nitrogens is 1. The van der Waals surface area contributed by atoms with Crippen molar-refractivity contribution in [3.8, 4) is 0 Å². The fraction of sp³-hybridized carbons (Fsp3) is 0.571. The average Bonchev–Trinajstić information content (AvgIpc) is 2.42. The third-order valence-electron chi connectivity index (χ3n) is 2.89. The topological polar surface area (TPSA) is 60.6 Å². The molecule has 0 radical (unpaired) electrons. The standard InChI is InChI=1S/C14H23N3O2S/c1-11-9-12(14(15)20)10-13(16-11)17(6-8-19-3)5-4-7-18-2/h9-10H,4-8H2,1-3H3,(H2,15,20). The van der Waals surface area contributed by atoms with Crippen LogP contribution in [0.4, 0.5) is 5.82 Å². The van der Waals surface area contributed by atoms with E-state index in [2.05, 4.69) is 9.88 Å². The van der Waals surface area contributed by atoms with Gasteiger partial charge in [0.2, 0.25) is 0 Å². The Morgan fingerprint density at radius 3 is 2.55 bits per heavy atom. The van der Waals surface area contributed by atoms with Crippen LogP contribution < -0.4 is 10.6 Å². The summed E-state index contributed by atoms with van der Waals surface area (Å²) in [6.07, 6.45) is 0.929. The van der Waals surface area contributed by atoms with Crippen molar-refractivity contribution in [1.29, 1.82) is 0 Å². The van der Waals surface area contributed by atoms with E-state index in [0.29, 0.717) is 11.6 Å². The van der Waals surface area contributed by atoms with E-state index in [4.69, 9.17) is 27.4 Å². The number of aryl methyl sites for hydroxylation is 1. The molecule has 0 aliphatic carbocycles. The Bertz CT molecular complexity index is 440. The van der Waals surface area contributed by atoms with E-state index in [1.54, 1.807) is 14.2 Å². The monoisotopic (exact) mass is 297 g/mol. The van der Waals surface area contributed by atoms with Crippen molar-refractivity contribution in [2.45, 2.75) is 13.3 Å². The fourth-order valence-electron chi connectivity index (χ4n) is 1.90. The highest BCUT2D eigenvalue weighted by Gasteiger charge is 2.10. The molecule has 0 unspecified atom stereocenters. The first kappa shape index (κ1) is 16.8. The van der Waals surface area contributed by atoms with Gasteiger partial charge in [-0.3, -0.25) is 0 Å². The Labute approximate surface area is 126 Å². The van der Waals surface area contributed by atoms with Crippen molar-refractivity contribution in [2.24, 2.45) is 5.73 Å². The molecule has 0 aliphatic rings. The maximum atomic E-state index is 5.71. The van der Waals surface area contributed by atoms with Crippen LogP contribution in [0.2, 0.25) is 0 Å². The molecule has 0 saturated heterocycles. The van der Waals surface area contributed by atoms with Crippen LogP contribution in [0.1, 0.15) is 17.7 Å². The van der Waals surface area contributed by atoms with Gasteiger partial charge in [-0.15, -0.1) is 0 Å². The molecular formula is C14H23N3O2S. The van der Waals surface area contributed by atoms with Gasteiger partial charge in [-0.25, -0.2) is 4.98 Å². The predicted octanol–water partition coefficient (Wildman–Crippen LogP) is 1.51. The van der Waals surface area contributed by atoms with Gasteiger partial charge in [0.1, 0.15) is 10.8 Å². The van der Waals surface area contributed by atoms with Gasteiger partial charge in [0.15, 0.2) is 0 Å². The zero-order valence-electron chi connectivity index (χ0n) is 12.4. The lowest BCUT2D eigenvalue weighted by Gasteiger charge is -2.24. The number of ether oxygens (including phenoxy) is 2. The first-order valence-electron chi connectivity index (χ1n) is 6.59. The molecule has 1 rings (SSSR count). The Kier molecular flexibility index (Phi) is 7.43. The number of anilines is 1. The lowest BCUT2D eigenvalue weighted by atomic mass is 10.2. The molecule has 0 fully saturated rings. The lowest BCUT2D eigenvalue weighted by Crippen LogP contribution is -2.30. The van der Waals surface area contributed by atoms with Gasteiger partial charge in [-0.05, 0) is 25.5 Å². The Balaban J connectivity index is 2.90. The molecule has 0 bridgehead atoms. The summed E-state index contributed by atoms with van der Waals surface area (Å²) in [6.45, 7) is 4.93. The SMILES string of the molecule is COCCCN(CCOC)c1cc(C(N)=S)cc(C)n1. The van der Waals surface area contributed by atoms with E-state index >= 15 is 0 Å². The molecule has 1 aromatic heterocycles. The molecule has 6 heteroatoms. The van der Waals surface area contributed by atoms with Crippen LogP contribution in [0.5, 0.6) is 0 Å². The smallest absolute Gasteiger partial charge is 0.129 e. The fourth-order valence-corrected chi connectivity index (χ4v) is 2.02. The molecule has 112 valence electrons. The minimum Gasteiger partial charge on any atom is -0.389 e. The van der Waals surface area contributed by atoms with Crippen molar-refractivity contribution in [2.75, 3.05) is 45.4 Å². The van der Waals surface area contributed by atoms with Crippen molar-refractivity contribution in [3.05, 3.63) is 23.4 Å². The Morgan fingerprint density at radius 1 is 1.25 bits per heavy atom. The molecule has 0 aromatic carbocycles. The second kappa shape index (κ2) is 8.84. The molecule has 20 heavy (non-hydrogen) atoms. The summed E-state index contributed by atoms with van der Waals surface area (Å²) in [6, 6.07) is 3.83. The van der Waals surface area contributed by atoms with Crippen molar-refractivity contribution in [3.63, 3.8) is 0 Å². The maximum Gasteiger partial charge on any atom is 0.129 e. The molecular weight excluding hydrogens is 274 g/mol. The van der Waals surface area contributed by atoms with Crippen LogP contribution in [0, 0.1) is 6.92 Å². The van der Waals surface area contributed by atoms with E-state index in [1.165, 1.54) is 0 Å². The van der Waals surface area contributed by atoms with E-state index in [9.17, 15) is 0 Å².